The molecule has 0 amide bonds. The van der Waals surface area contributed by atoms with E-state index in [0.717, 1.165) is 22.0 Å². The van der Waals surface area contributed by atoms with Crippen LogP contribution in [0.4, 0.5) is 5.69 Å². The number of nitro benzene ring substituents is 1. The van der Waals surface area contributed by atoms with Crippen LogP contribution in [0.2, 0.25) is 0 Å². The van der Waals surface area contributed by atoms with E-state index in [2.05, 4.69) is 22.6 Å². The molecule has 0 bridgehead atoms. The molecule has 8 heteroatoms. The molecule has 0 aliphatic carbocycles. The minimum atomic E-state index is -3.88. The van der Waals surface area contributed by atoms with E-state index in [9.17, 15) is 18.5 Å². The van der Waals surface area contributed by atoms with Crippen molar-refractivity contribution in [2.45, 2.75) is 38.0 Å². The second kappa shape index (κ2) is 7.59. The van der Waals surface area contributed by atoms with Crippen molar-refractivity contribution in [3.05, 3.63) is 67.4 Å². The average molecular weight is 498 g/mol. The van der Waals surface area contributed by atoms with Crippen molar-refractivity contribution >= 4 is 49.2 Å². The Bertz CT molecular complexity index is 1120. The molecular weight excluding hydrogens is 479 g/mol. The van der Waals surface area contributed by atoms with E-state index in [1.807, 2.05) is 13.8 Å². The fourth-order valence-corrected chi connectivity index (χ4v) is 5.73. The van der Waals surface area contributed by atoms with Crippen molar-refractivity contribution in [1.82, 2.24) is 3.97 Å². The van der Waals surface area contributed by atoms with Crippen LogP contribution in [-0.2, 0) is 16.4 Å². The summed E-state index contributed by atoms with van der Waals surface area (Å²) in [6.07, 6.45) is 2.34. The van der Waals surface area contributed by atoms with Crippen molar-refractivity contribution in [2.75, 3.05) is 0 Å². The summed E-state index contributed by atoms with van der Waals surface area (Å²) < 4.78 is 29.0. The van der Waals surface area contributed by atoms with Gasteiger partial charge in [0.1, 0.15) is 0 Å². The van der Waals surface area contributed by atoms with Gasteiger partial charge in [-0.3, -0.25) is 10.1 Å². The molecule has 27 heavy (non-hydrogen) atoms. The predicted molar refractivity (Wildman–Crippen MR) is 114 cm³/mol. The smallest absolute Gasteiger partial charge is 0.258 e. The van der Waals surface area contributed by atoms with E-state index < -0.39 is 14.9 Å². The largest absolute Gasteiger partial charge is 0.271 e. The van der Waals surface area contributed by atoms with Gasteiger partial charge in [-0.05, 0) is 60.6 Å². The Morgan fingerprint density at radius 3 is 2.41 bits per heavy atom. The highest BCUT2D eigenvalue weighted by Crippen LogP contribution is 2.34. The molecule has 6 nitrogen and oxygen atoms in total. The van der Waals surface area contributed by atoms with Crippen molar-refractivity contribution in [1.29, 1.82) is 0 Å². The first-order valence-electron chi connectivity index (χ1n) is 8.57. The first kappa shape index (κ1) is 19.8. The lowest BCUT2D eigenvalue weighted by molar-refractivity contribution is -0.384. The van der Waals surface area contributed by atoms with E-state index in [4.69, 9.17) is 0 Å². The standard InChI is InChI=1S/C19H19IN2O4S/c1-3-4-5-17-19(20)16-11-8-14(22(23)24)12-18(16)21(17)27(25,26)15-9-6-13(2)7-10-15/h6-12H,3-5H2,1-2H3. The molecule has 0 unspecified atom stereocenters. The summed E-state index contributed by atoms with van der Waals surface area (Å²) in [7, 11) is -3.88. The SMILES string of the molecule is CCCCc1c(I)c2ccc([N+](=O)[O-])cc2n1S(=O)(=O)c1ccc(C)cc1. The molecule has 0 saturated carbocycles. The number of hydrogen-bond acceptors (Lipinski definition) is 4. The van der Waals surface area contributed by atoms with Crippen LogP contribution < -0.4 is 0 Å². The molecule has 0 radical (unpaired) electrons. The van der Waals surface area contributed by atoms with Gasteiger partial charge in [-0.2, -0.15) is 0 Å². The number of fused-ring (bicyclic) bond motifs is 1. The Balaban J connectivity index is 2.35. The van der Waals surface area contributed by atoms with Crippen LogP contribution in [0, 0.1) is 20.6 Å². The van der Waals surface area contributed by atoms with Crippen molar-refractivity contribution in [3.8, 4) is 0 Å². The highest BCUT2D eigenvalue weighted by Gasteiger charge is 2.27. The third-order valence-electron chi connectivity index (χ3n) is 4.47. The topological polar surface area (TPSA) is 82.2 Å². The summed E-state index contributed by atoms with van der Waals surface area (Å²) in [5.41, 5.74) is 1.86. The quantitative estimate of drug-likeness (QED) is 0.271. The van der Waals surface area contributed by atoms with Crippen molar-refractivity contribution < 1.29 is 13.3 Å². The Morgan fingerprint density at radius 1 is 1.15 bits per heavy atom. The molecule has 3 rings (SSSR count). The van der Waals surface area contributed by atoms with Crippen LogP contribution >= 0.6 is 22.6 Å². The number of benzene rings is 2. The summed E-state index contributed by atoms with van der Waals surface area (Å²) >= 11 is 2.14. The summed E-state index contributed by atoms with van der Waals surface area (Å²) in [6.45, 7) is 3.93. The normalized spacial score (nSPS) is 11.8. The number of nitro groups is 1. The Morgan fingerprint density at radius 2 is 1.81 bits per heavy atom. The molecule has 0 spiro atoms. The van der Waals surface area contributed by atoms with Gasteiger partial charge < -0.3 is 0 Å². The number of non-ortho nitro benzene ring substituents is 1. The molecule has 2 aromatic carbocycles. The zero-order valence-electron chi connectivity index (χ0n) is 15.0. The Hall–Kier alpha value is -1.94. The minimum Gasteiger partial charge on any atom is -0.258 e. The molecule has 0 aliphatic heterocycles. The highest BCUT2D eigenvalue weighted by atomic mass is 127. The molecule has 0 atom stereocenters. The summed E-state index contributed by atoms with van der Waals surface area (Å²) in [4.78, 5) is 10.9. The monoisotopic (exact) mass is 498 g/mol. The highest BCUT2D eigenvalue weighted by molar-refractivity contribution is 14.1. The number of halogens is 1. The maximum absolute atomic E-state index is 13.4. The summed E-state index contributed by atoms with van der Waals surface area (Å²) in [6, 6.07) is 11.0. The van der Waals surface area contributed by atoms with E-state index in [0.29, 0.717) is 23.0 Å². The van der Waals surface area contributed by atoms with Gasteiger partial charge in [-0.1, -0.05) is 31.0 Å². The van der Waals surface area contributed by atoms with E-state index >= 15 is 0 Å². The Kier molecular flexibility index (Phi) is 5.57. The zero-order chi connectivity index (χ0) is 19.8. The van der Waals surface area contributed by atoms with Gasteiger partial charge >= 0.3 is 0 Å². The van der Waals surface area contributed by atoms with Crippen LogP contribution in [0.25, 0.3) is 10.9 Å². The minimum absolute atomic E-state index is 0.126. The predicted octanol–water partition coefficient (Wildman–Crippen LogP) is 5.04. The van der Waals surface area contributed by atoms with Gasteiger partial charge in [-0.15, -0.1) is 0 Å². The van der Waals surface area contributed by atoms with Crippen LogP contribution in [0.15, 0.2) is 47.4 Å². The summed E-state index contributed by atoms with van der Waals surface area (Å²) in [5.74, 6) is 0. The van der Waals surface area contributed by atoms with Gasteiger partial charge in [0.25, 0.3) is 15.7 Å². The van der Waals surface area contributed by atoms with Gasteiger partial charge in [0.05, 0.1) is 15.3 Å². The van der Waals surface area contributed by atoms with Gasteiger partial charge in [0.15, 0.2) is 0 Å². The molecular formula is C19H19IN2O4S. The van der Waals surface area contributed by atoms with Crippen LogP contribution in [0.5, 0.6) is 0 Å². The first-order chi connectivity index (χ1) is 12.8. The molecule has 0 aliphatic rings. The second-order valence-electron chi connectivity index (χ2n) is 6.41. The lowest BCUT2D eigenvalue weighted by atomic mass is 10.2. The average Bonchev–Trinajstić information content (AvgIpc) is 2.92. The maximum Gasteiger partial charge on any atom is 0.271 e. The fourth-order valence-electron chi connectivity index (χ4n) is 3.02. The second-order valence-corrected chi connectivity index (χ2v) is 9.27. The van der Waals surface area contributed by atoms with E-state index in [1.54, 1.807) is 30.3 Å². The van der Waals surface area contributed by atoms with Gasteiger partial charge in [0, 0.05) is 26.8 Å². The third-order valence-corrected chi connectivity index (χ3v) is 7.44. The molecule has 0 N–H and O–H groups in total. The van der Waals surface area contributed by atoms with Crippen LogP contribution in [0.3, 0.4) is 0 Å². The van der Waals surface area contributed by atoms with Gasteiger partial charge in [0.2, 0.25) is 0 Å². The van der Waals surface area contributed by atoms with Crippen LogP contribution in [-0.4, -0.2) is 17.3 Å². The molecule has 0 fully saturated rings. The molecule has 0 saturated heterocycles. The lowest BCUT2D eigenvalue weighted by Gasteiger charge is -2.12. The Labute approximate surface area is 171 Å². The van der Waals surface area contributed by atoms with Crippen LogP contribution in [0.1, 0.15) is 31.0 Å². The van der Waals surface area contributed by atoms with E-state index in [1.165, 1.54) is 16.1 Å². The summed E-state index contributed by atoms with van der Waals surface area (Å²) in [5, 5.41) is 11.9. The lowest BCUT2D eigenvalue weighted by Crippen LogP contribution is -2.16. The molecule has 142 valence electrons. The number of aryl methyl sites for hydroxylation is 1. The number of nitrogens with zero attached hydrogens (tertiary/aromatic N) is 2. The zero-order valence-corrected chi connectivity index (χ0v) is 18.0. The maximum atomic E-state index is 13.4. The van der Waals surface area contributed by atoms with Crippen molar-refractivity contribution in [3.63, 3.8) is 0 Å². The number of unbranched alkanes of at least 4 members (excludes halogenated alkanes) is 1. The van der Waals surface area contributed by atoms with Gasteiger partial charge in [-0.25, -0.2) is 12.4 Å². The molecule has 1 aromatic heterocycles. The number of aromatic nitrogens is 1. The van der Waals surface area contributed by atoms with E-state index in [-0.39, 0.29) is 10.6 Å². The number of rotatable bonds is 6. The van der Waals surface area contributed by atoms with Crippen molar-refractivity contribution in [2.24, 2.45) is 0 Å². The molecule has 3 aromatic rings. The fraction of sp³-hybridized carbons (Fsp3) is 0.263. The third kappa shape index (κ3) is 3.60. The molecule has 1 heterocycles. The first-order valence-corrected chi connectivity index (χ1v) is 11.1. The number of hydrogen-bond donors (Lipinski definition) is 0.